The van der Waals surface area contributed by atoms with Crippen LogP contribution in [0.1, 0.15) is 72.9 Å². The van der Waals surface area contributed by atoms with E-state index in [9.17, 15) is 18.3 Å². The molecule has 4 bridgehead atoms. The Morgan fingerprint density at radius 3 is 2.76 bits per heavy atom. The van der Waals surface area contributed by atoms with Crippen molar-refractivity contribution in [1.82, 2.24) is 4.72 Å². The molecule has 3 aliphatic carbocycles. The lowest BCUT2D eigenvalue weighted by molar-refractivity contribution is 0.0453. The first-order valence-corrected chi connectivity index (χ1v) is 17.4. The number of hydrogen-bond acceptors (Lipinski definition) is 6. The molecule has 6 atom stereocenters. The van der Waals surface area contributed by atoms with Crippen LogP contribution in [0, 0.1) is 17.8 Å². The second-order valence-corrected chi connectivity index (χ2v) is 15.6. The summed E-state index contributed by atoms with van der Waals surface area (Å²) >= 11 is 6.39. The van der Waals surface area contributed by atoms with E-state index in [1.54, 1.807) is 12.1 Å². The summed E-state index contributed by atoms with van der Waals surface area (Å²) in [4.78, 5) is 15.7. The van der Waals surface area contributed by atoms with Crippen LogP contribution in [0.5, 0.6) is 5.75 Å². The first kappa shape index (κ1) is 28.2. The van der Waals surface area contributed by atoms with E-state index in [2.05, 4.69) is 21.8 Å². The van der Waals surface area contributed by atoms with Gasteiger partial charge in [-0.3, -0.25) is 4.79 Å². The van der Waals surface area contributed by atoms with E-state index in [0.29, 0.717) is 43.2 Å². The van der Waals surface area contributed by atoms with Gasteiger partial charge in [0.15, 0.2) is 0 Å². The molecular formula is C33H39ClN2O5S. The number of ether oxygens (including phenoxy) is 1. The summed E-state index contributed by atoms with van der Waals surface area (Å²) in [5.74, 6) is 0.608. The second-order valence-electron chi connectivity index (χ2n) is 13.2. The summed E-state index contributed by atoms with van der Waals surface area (Å²) in [5, 5.41) is 11.4. The Morgan fingerprint density at radius 1 is 1.05 bits per heavy atom. The number of allylic oxidation sites excluding steroid dienone is 1. The molecule has 7 rings (SSSR count). The summed E-state index contributed by atoms with van der Waals surface area (Å²) in [7, 11) is -3.85. The molecule has 2 N–H and O–H groups in total. The zero-order chi connectivity index (χ0) is 29.1. The van der Waals surface area contributed by atoms with Crippen molar-refractivity contribution in [2.45, 2.75) is 74.6 Å². The molecule has 224 valence electrons. The van der Waals surface area contributed by atoms with Gasteiger partial charge in [-0.1, -0.05) is 36.2 Å². The van der Waals surface area contributed by atoms with Gasteiger partial charge >= 0.3 is 0 Å². The number of aryl methyl sites for hydroxylation is 1. The number of nitrogens with one attached hydrogen (secondary N) is 1. The lowest BCUT2D eigenvalue weighted by atomic mass is 9.68. The standard InChI is InChI=1S/C33H39ClN2O5S/c34-25-9-11-28-22(16-25)4-2-14-33(28)19-36-18-24-7-10-27(24)30(37)12-6-21-3-1-5-26(15-21)42(39,40)35-32(38)23-8-13-31(41-20-33)29(36)17-23/h6,8-9,11-13,16-17,21,24,26-27,30,37H,1-5,7,10,14-15,18-20H2,(H,35,38)/b12-6-/t21-,24+,26+,27-,30+,33+/m1/s1. The smallest absolute Gasteiger partial charge is 0.264 e. The Morgan fingerprint density at radius 2 is 1.93 bits per heavy atom. The van der Waals surface area contributed by atoms with E-state index in [0.717, 1.165) is 62.2 Å². The average Bonchev–Trinajstić information content (AvgIpc) is 3.10. The third-order valence-corrected chi connectivity index (χ3v) is 12.6. The fourth-order valence-corrected chi connectivity index (χ4v) is 9.85. The third-order valence-electron chi connectivity index (χ3n) is 10.6. The maximum atomic E-state index is 13.4. The van der Waals surface area contributed by atoms with Gasteiger partial charge < -0.3 is 14.7 Å². The number of anilines is 1. The number of hydrogen-bond donors (Lipinski definition) is 2. The molecule has 1 spiro atoms. The molecule has 2 aliphatic heterocycles. The van der Waals surface area contributed by atoms with Crippen LogP contribution in [0.25, 0.3) is 0 Å². The predicted octanol–water partition coefficient (Wildman–Crippen LogP) is 5.39. The Kier molecular flexibility index (Phi) is 7.30. The van der Waals surface area contributed by atoms with Crippen LogP contribution in [0.2, 0.25) is 5.02 Å². The SMILES string of the molecule is O=C1NS(=O)(=O)[C@H]2CCC[C@H](/C=C\[C@H](O)[C@@H]3CC[C@H]3CN3C[C@@]4(CCCc5cc(Cl)ccc54)COc4ccc1cc43)C2. The molecule has 2 saturated carbocycles. The van der Waals surface area contributed by atoms with Crippen LogP contribution in [0.4, 0.5) is 5.69 Å². The Balaban J connectivity index is 1.30. The molecule has 5 aliphatic rings. The maximum absolute atomic E-state index is 13.4. The molecule has 9 heteroatoms. The van der Waals surface area contributed by atoms with Gasteiger partial charge in [0.1, 0.15) is 5.75 Å². The van der Waals surface area contributed by atoms with Gasteiger partial charge in [-0.15, -0.1) is 0 Å². The van der Waals surface area contributed by atoms with Gasteiger partial charge in [0.2, 0.25) is 10.0 Å². The normalized spacial score (nSPS) is 34.6. The van der Waals surface area contributed by atoms with E-state index < -0.39 is 27.3 Å². The largest absolute Gasteiger partial charge is 0.490 e. The summed E-state index contributed by atoms with van der Waals surface area (Å²) < 4.78 is 35.6. The highest BCUT2D eigenvalue weighted by Gasteiger charge is 2.44. The van der Waals surface area contributed by atoms with Gasteiger partial charge in [-0.25, -0.2) is 13.1 Å². The highest BCUT2D eigenvalue weighted by molar-refractivity contribution is 7.90. The average molecular weight is 611 g/mol. The lowest BCUT2D eigenvalue weighted by Gasteiger charge is -2.45. The minimum Gasteiger partial charge on any atom is -0.490 e. The van der Waals surface area contributed by atoms with Crippen molar-refractivity contribution >= 4 is 33.2 Å². The van der Waals surface area contributed by atoms with Crippen LogP contribution < -0.4 is 14.4 Å². The molecule has 0 unspecified atom stereocenters. The molecule has 0 radical (unpaired) electrons. The summed E-state index contributed by atoms with van der Waals surface area (Å²) in [5.41, 5.74) is 3.39. The number of aliphatic hydroxyl groups is 1. The van der Waals surface area contributed by atoms with Gasteiger partial charge in [0.25, 0.3) is 5.91 Å². The fraction of sp³-hybridized carbons (Fsp3) is 0.545. The minimum atomic E-state index is -3.85. The van der Waals surface area contributed by atoms with Crippen LogP contribution in [0.3, 0.4) is 0 Å². The zero-order valence-electron chi connectivity index (χ0n) is 23.8. The van der Waals surface area contributed by atoms with Crippen LogP contribution in [-0.4, -0.2) is 50.5 Å². The number of aliphatic hydroxyl groups excluding tert-OH is 1. The van der Waals surface area contributed by atoms with Crippen molar-refractivity contribution in [3.05, 3.63) is 70.3 Å². The third kappa shape index (κ3) is 5.13. The van der Waals surface area contributed by atoms with Gasteiger partial charge in [0, 0.05) is 29.1 Å². The van der Waals surface area contributed by atoms with Gasteiger partial charge in [0.05, 0.1) is 23.6 Å². The number of rotatable bonds is 0. The molecule has 1 amide bonds. The van der Waals surface area contributed by atoms with Crippen molar-refractivity contribution in [1.29, 1.82) is 0 Å². The molecule has 2 aromatic carbocycles. The van der Waals surface area contributed by atoms with Crippen molar-refractivity contribution in [3.8, 4) is 5.75 Å². The molecule has 42 heavy (non-hydrogen) atoms. The number of nitrogens with zero attached hydrogens (tertiary/aromatic N) is 1. The predicted molar refractivity (Wildman–Crippen MR) is 164 cm³/mol. The summed E-state index contributed by atoms with van der Waals surface area (Å²) in [6, 6.07) is 11.5. The number of amides is 1. The maximum Gasteiger partial charge on any atom is 0.264 e. The molecular weight excluding hydrogens is 572 g/mol. The summed E-state index contributed by atoms with van der Waals surface area (Å²) in [6.07, 6.45) is 11.0. The quantitative estimate of drug-likeness (QED) is 0.389. The lowest BCUT2D eigenvalue weighted by Crippen LogP contribution is -2.49. The molecule has 0 aromatic heterocycles. The van der Waals surface area contributed by atoms with Crippen molar-refractivity contribution in [3.63, 3.8) is 0 Å². The minimum absolute atomic E-state index is 0.0740. The van der Waals surface area contributed by atoms with Crippen molar-refractivity contribution in [2.75, 3.05) is 24.6 Å². The van der Waals surface area contributed by atoms with E-state index in [-0.39, 0.29) is 17.3 Å². The number of sulfonamides is 1. The van der Waals surface area contributed by atoms with E-state index in [4.69, 9.17) is 16.3 Å². The first-order valence-electron chi connectivity index (χ1n) is 15.4. The van der Waals surface area contributed by atoms with Crippen molar-refractivity contribution < 1.29 is 23.1 Å². The Labute approximate surface area is 253 Å². The number of carbonyl (C=O) groups excluding carboxylic acids is 1. The molecule has 2 heterocycles. The Bertz CT molecular complexity index is 1530. The Hall–Kier alpha value is -2.55. The topological polar surface area (TPSA) is 95.9 Å². The highest BCUT2D eigenvalue weighted by atomic mass is 35.5. The molecule has 2 fully saturated rings. The van der Waals surface area contributed by atoms with Gasteiger partial charge in [-0.2, -0.15) is 0 Å². The number of benzene rings is 2. The molecule has 7 nitrogen and oxygen atoms in total. The van der Waals surface area contributed by atoms with Gasteiger partial charge in [-0.05, 0) is 111 Å². The number of fused-ring (bicyclic) bond motifs is 6. The number of halogens is 1. The van der Waals surface area contributed by atoms with E-state index >= 15 is 0 Å². The van der Waals surface area contributed by atoms with Crippen LogP contribution in [-0.2, 0) is 21.9 Å². The van der Waals surface area contributed by atoms with Crippen molar-refractivity contribution in [2.24, 2.45) is 17.8 Å². The summed E-state index contributed by atoms with van der Waals surface area (Å²) in [6.45, 7) is 1.94. The molecule has 0 saturated heterocycles. The fourth-order valence-electron chi connectivity index (χ4n) is 8.13. The van der Waals surface area contributed by atoms with E-state index in [1.165, 1.54) is 11.1 Å². The number of carbonyl (C=O) groups is 1. The second kappa shape index (κ2) is 10.9. The highest BCUT2D eigenvalue weighted by Crippen LogP contribution is 2.47. The molecule has 2 aromatic rings. The van der Waals surface area contributed by atoms with Crippen LogP contribution >= 0.6 is 11.6 Å². The van der Waals surface area contributed by atoms with E-state index in [1.807, 2.05) is 24.3 Å². The first-order chi connectivity index (χ1) is 20.2. The van der Waals surface area contributed by atoms with Crippen LogP contribution in [0.15, 0.2) is 48.6 Å². The monoisotopic (exact) mass is 610 g/mol. The zero-order valence-corrected chi connectivity index (χ0v) is 25.4.